The van der Waals surface area contributed by atoms with Gasteiger partial charge in [-0.1, -0.05) is 23.9 Å². The SMILES string of the molecule is CCn1c(SCc2cc(=O)oc3c(C)c(C)ccc23)nc2ccsc2c1=O. The summed E-state index contributed by atoms with van der Waals surface area (Å²) in [5.41, 5.74) is 3.93. The summed E-state index contributed by atoms with van der Waals surface area (Å²) >= 11 is 2.88. The molecule has 7 heteroatoms. The van der Waals surface area contributed by atoms with Crippen LogP contribution in [-0.2, 0) is 12.3 Å². The van der Waals surface area contributed by atoms with Gasteiger partial charge in [-0.3, -0.25) is 9.36 Å². The molecule has 3 aromatic heterocycles. The van der Waals surface area contributed by atoms with E-state index in [-0.39, 0.29) is 11.2 Å². The second-order valence-corrected chi connectivity index (χ2v) is 8.20. The molecule has 0 aliphatic carbocycles. The van der Waals surface area contributed by atoms with Gasteiger partial charge in [0.25, 0.3) is 5.56 Å². The van der Waals surface area contributed by atoms with Crippen LogP contribution in [0.3, 0.4) is 0 Å². The highest BCUT2D eigenvalue weighted by Crippen LogP contribution is 2.29. The highest BCUT2D eigenvalue weighted by Gasteiger charge is 2.14. The monoisotopic (exact) mass is 398 g/mol. The molecule has 0 amide bonds. The molecular formula is C20H18N2O3S2. The quantitative estimate of drug-likeness (QED) is 0.288. The average Bonchev–Trinajstić information content (AvgIpc) is 3.12. The normalized spacial score (nSPS) is 11.5. The molecule has 0 saturated heterocycles. The van der Waals surface area contributed by atoms with Crippen molar-refractivity contribution in [3.63, 3.8) is 0 Å². The van der Waals surface area contributed by atoms with E-state index >= 15 is 0 Å². The summed E-state index contributed by atoms with van der Waals surface area (Å²) in [5, 5.41) is 3.47. The summed E-state index contributed by atoms with van der Waals surface area (Å²) in [4.78, 5) is 29.4. The Bertz CT molecular complexity index is 1280. The molecule has 0 radical (unpaired) electrons. The lowest BCUT2D eigenvalue weighted by Crippen LogP contribution is -2.21. The van der Waals surface area contributed by atoms with Crippen molar-refractivity contribution >= 4 is 44.3 Å². The predicted molar refractivity (Wildman–Crippen MR) is 111 cm³/mol. The minimum absolute atomic E-state index is 0.0103. The fourth-order valence-electron chi connectivity index (χ4n) is 3.10. The lowest BCUT2D eigenvalue weighted by Gasteiger charge is -2.11. The Kier molecular flexibility index (Phi) is 4.65. The summed E-state index contributed by atoms with van der Waals surface area (Å²) in [6.45, 7) is 6.44. The summed E-state index contributed by atoms with van der Waals surface area (Å²) in [6, 6.07) is 7.41. The topological polar surface area (TPSA) is 65.1 Å². The van der Waals surface area contributed by atoms with Crippen molar-refractivity contribution in [3.8, 4) is 0 Å². The van der Waals surface area contributed by atoms with Gasteiger partial charge in [0, 0.05) is 23.8 Å². The van der Waals surface area contributed by atoms with Crippen molar-refractivity contribution in [2.75, 3.05) is 0 Å². The van der Waals surface area contributed by atoms with E-state index in [1.165, 1.54) is 29.2 Å². The third-order valence-corrected chi connectivity index (χ3v) is 6.64. The molecule has 1 aromatic carbocycles. The molecule has 0 aliphatic heterocycles. The average molecular weight is 399 g/mol. The summed E-state index contributed by atoms with van der Waals surface area (Å²) in [7, 11) is 0. The maximum Gasteiger partial charge on any atom is 0.336 e. The minimum atomic E-state index is -0.360. The largest absolute Gasteiger partial charge is 0.422 e. The number of thioether (sulfide) groups is 1. The van der Waals surface area contributed by atoms with E-state index in [1.807, 2.05) is 44.4 Å². The number of rotatable bonds is 4. The zero-order chi connectivity index (χ0) is 19.1. The fourth-order valence-corrected chi connectivity index (χ4v) is 4.93. The first-order valence-electron chi connectivity index (χ1n) is 8.63. The fraction of sp³-hybridized carbons (Fsp3) is 0.250. The van der Waals surface area contributed by atoms with Crippen molar-refractivity contribution < 1.29 is 4.42 Å². The Balaban J connectivity index is 1.78. The van der Waals surface area contributed by atoms with E-state index in [4.69, 9.17) is 4.42 Å². The van der Waals surface area contributed by atoms with Gasteiger partial charge in [0.2, 0.25) is 0 Å². The molecule has 4 aromatic rings. The van der Waals surface area contributed by atoms with Gasteiger partial charge in [0.15, 0.2) is 5.16 Å². The molecule has 4 rings (SSSR count). The molecule has 138 valence electrons. The predicted octanol–water partition coefficient (Wildman–Crippen LogP) is 4.49. The van der Waals surface area contributed by atoms with Gasteiger partial charge >= 0.3 is 5.63 Å². The zero-order valence-electron chi connectivity index (χ0n) is 15.2. The van der Waals surface area contributed by atoms with Crippen LogP contribution in [0.25, 0.3) is 21.2 Å². The first kappa shape index (κ1) is 18.0. The van der Waals surface area contributed by atoms with E-state index in [2.05, 4.69) is 4.98 Å². The molecule has 0 bridgehead atoms. The standard InChI is InChI=1S/C20H18N2O3S2/c1-4-22-19(24)18-15(7-8-26-18)21-20(22)27-10-13-9-16(23)25-17-12(3)11(2)5-6-14(13)17/h5-9H,4,10H2,1-3H3. The van der Waals surface area contributed by atoms with Crippen molar-refractivity contribution in [3.05, 3.63) is 67.1 Å². The molecular weight excluding hydrogens is 380 g/mol. The number of nitrogens with zero attached hydrogens (tertiary/aromatic N) is 2. The Hall–Kier alpha value is -2.38. The molecule has 5 nitrogen and oxygen atoms in total. The third-order valence-electron chi connectivity index (χ3n) is 4.72. The van der Waals surface area contributed by atoms with E-state index in [0.717, 1.165) is 27.6 Å². The van der Waals surface area contributed by atoms with Crippen molar-refractivity contribution in [2.45, 2.75) is 38.2 Å². The maximum atomic E-state index is 12.7. The lowest BCUT2D eigenvalue weighted by atomic mass is 10.0. The lowest BCUT2D eigenvalue weighted by molar-refractivity contribution is 0.557. The van der Waals surface area contributed by atoms with Gasteiger partial charge in [-0.05, 0) is 48.9 Å². The highest BCUT2D eigenvalue weighted by atomic mass is 32.2. The molecule has 0 unspecified atom stereocenters. The molecule has 0 atom stereocenters. The second-order valence-electron chi connectivity index (χ2n) is 6.34. The molecule has 3 heterocycles. The smallest absolute Gasteiger partial charge is 0.336 e. The Morgan fingerprint density at radius 1 is 1.22 bits per heavy atom. The van der Waals surface area contributed by atoms with E-state index in [1.54, 1.807) is 4.57 Å². The number of benzene rings is 1. The third kappa shape index (κ3) is 3.11. The highest BCUT2D eigenvalue weighted by molar-refractivity contribution is 7.98. The number of aromatic nitrogens is 2. The maximum absolute atomic E-state index is 12.7. The van der Waals surface area contributed by atoms with Gasteiger partial charge in [0.1, 0.15) is 10.3 Å². The van der Waals surface area contributed by atoms with E-state index < -0.39 is 0 Å². The summed E-state index contributed by atoms with van der Waals surface area (Å²) < 4.78 is 7.81. The van der Waals surface area contributed by atoms with Crippen LogP contribution in [0.1, 0.15) is 23.6 Å². The van der Waals surface area contributed by atoms with Crippen LogP contribution in [0.4, 0.5) is 0 Å². The number of hydrogen-bond donors (Lipinski definition) is 0. The van der Waals surface area contributed by atoms with Crippen molar-refractivity contribution in [1.82, 2.24) is 9.55 Å². The Morgan fingerprint density at radius 3 is 2.81 bits per heavy atom. The summed E-state index contributed by atoms with van der Waals surface area (Å²) in [5.74, 6) is 0.534. The van der Waals surface area contributed by atoms with Crippen molar-refractivity contribution in [1.29, 1.82) is 0 Å². The second kappa shape index (κ2) is 6.98. The van der Waals surface area contributed by atoms with Gasteiger partial charge in [-0.15, -0.1) is 11.3 Å². The van der Waals surface area contributed by atoms with Gasteiger partial charge < -0.3 is 4.42 Å². The van der Waals surface area contributed by atoms with Gasteiger partial charge in [0.05, 0.1) is 5.52 Å². The minimum Gasteiger partial charge on any atom is -0.422 e. The number of fused-ring (bicyclic) bond motifs is 2. The van der Waals surface area contributed by atoms with Crippen LogP contribution >= 0.6 is 23.1 Å². The molecule has 0 saturated carbocycles. The molecule has 0 aliphatic rings. The van der Waals surface area contributed by atoms with E-state index in [0.29, 0.717) is 27.7 Å². The molecule has 27 heavy (non-hydrogen) atoms. The van der Waals surface area contributed by atoms with Crippen LogP contribution in [-0.4, -0.2) is 9.55 Å². The van der Waals surface area contributed by atoms with Gasteiger partial charge in [-0.2, -0.15) is 0 Å². The zero-order valence-corrected chi connectivity index (χ0v) is 16.9. The van der Waals surface area contributed by atoms with Gasteiger partial charge in [-0.25, -0.2) is 9.78 Å². The van der Waals surface area contributed by atoms with Crippen LogP contribution in [0, 0.1) is 13.8 Å². The number of hydrogen-bond acceptors (Lipinski definition) is 6. The van der Waals surface area contributed by atoms with Crippen LogP contribution in [0.5, 0.6) is 0 Å². The Labute approximate surface area is 163 Å². The molecule has 0 spiro atoms. The van der Waals surface area contributed by atoms with E-state index in [9.17, 15) is 9.59 Å². The first-order chi connectivity index (χ1) is 13.0. The van der Waals surface area contributed by atoms with Crippen LogP contribution in [0.2, 0.25) is 0 Å². The first-order valence-corrected chi connectivity index (χ1v) is 10.5. The Morgan fingerprint density at radius 2 is 2.04 bits per heavy atom. The van der Waals surface area contributed by atoms with Crippen molar-refractivity contribution in [2.24, 2.45) is 0 Å². The van der Waals surface area contributed by atoms with Crippen LogP contribution in [0.15, 0.2) is 48.8 Å². The van der Waals surface area contributed by atoms with Crippen LogP contribution < -0.4 is 11.2 Å². The summed E-state index contributed by atoms with van der Waals surface area (Å²) in [6.07, 6.45) is 0. The molecule has 0 N–H and O–H groups in total. The number of thiophene rings is 1. The number of aryl methyl sites for hydroxylation is 2. The molecule has 0 fully saturated rings.